The van der Waals surface area contributed by atoms with Gasteiger partial charge in [-0.2, -0.15) is 0 Å². The fraction of sp³-hybridized carbons (Fsp3) is 0.214. The van der Waals surface area contributed by atoms with E-state index in [9.17, 15) is 9.59 Å². The molecule has 1 heterocycles. The summed E-state index contributed by atoms with van der Waals surface area (Å²) >= 11 is 0. The van der Waals surface area contributed by atoms with Crippen molar-refractivity contribution in [2.45, 2.75) is 18.8 Å². The molecule has 2 N–H and O–H groups in total. The molecule has 20 heavy (non-hydrogen) atoms. The Kier molecular flexibility index (Phi) is 2.98. The summed E-state index contributed by atoms with van der Waals surface area (Å²) in [6.45, 7) is 0. The normalized spacial score (nSPS) is 14.0. The number of carboxylic acid groups (broad SMARTS) is 1. The van der Waals surface area contributed by atoms with Crippen molar-refractivity contribution in [3.05, 3.63) is 47.3 Å². The number of amides is 1. The van der Waals surface area contributed by atoms with E-state index in [0.29, 0.717) is 11.7 Å². The maximum absolute atomic E-state index is 12.0. The summed E-state index contributed by atoms with van der Waals surface area (Å²) in [4.78, 5) is 23.1. The highest BCUT2D eigenvalue weighted by Crippen LogP contribution is 2.40. The maximum Gasteiger partial charge on any atom is 0.337 e. The quantitative estimate of drug-likeness (QED) is 0.892. The van der Waals surface area contributed by atoms with E-state index in [0.717, 1.165) is 12.8 Å². The molecule has 102 valence electrons. The molecular formula is C14H12N2O4. The molecule has 1 aromatic carbocycles. The number of benzene rings is 1. The van der Waals surface area contributed by atoms with E-state index >= 15 is 0 Å². The van der Waals surface area contributed by atoms with Crippen molar-refractivity contribution in [1.82, 2.24) is 5.16 Å². The number of nitrogens with zero attached hydrogens (tertiary/aromatic N) is 1. The van der Waals surface area contributed by atoms with Crippen molar-refractivity contribution in [3.63, 3.8) is 0 Å². The molecule has 0 saturated heterocycles. The van der Waals surface area contributed by atoms with E-state index in [4.69, 9.17) is 9.63 Å². The predicted molar refractivity (Wildman–Crippen MR) is 69.8 cm³/mol. The number of anilines is 1. The number of carboxylic acids is 1. The molecule has 0 atom stereocenters. The lowest BCUT2D eigenvalue weighted by Gasteiger charge is -2.06. The molecular weight excluding hydrogens is 260 g/mol. The van der Waals surface area contributed by atoms with Crippen LogP contribution in [0.2, 0.25) is 0 Å². The smallest absolute Gasteiger partial charge is 0.337 e. The van der Waals surface area contributed by atoms with Gasteiger partial charge in [-0.1, -0.05) is 17.3 Å². The minimum atomic E-state index is -1.10. The minimum Gasteiger partial charge on any atom is -0.478 e. The van der Waals surface area contributed by atoms with Crippen molar-refractivity contribution in [2.24, 2.45) is 0 Å². The maximum atomic E-state index is 12.0. The van der Waals surface area contributed by atoms with Crippen molar-refractivity contribution in [1.29, 1.82) is 0 Å². The number of nitrogens with one attached hydrogen (secondary N) is 1. The Hall–Kier alpha value is -2.63. The Balaban J connectivity index is 1.79. The first-order valence-electron chi connectivity index (χ1n) is 6.25. The molecule has 1 amide bonds. The lowest BCUT2D eigenvalue weighted by Crippen LogP contribution is -2.15. The van der Waals surface area contributed by atoms with Gasteiger partial charge in [-0.05, 0) is 25.0 Å². The van der Waals surface area contributed by atoms with Gasteiger partial charge in [-0.15, -0.1) is 0 Å². The van der Waals surface area contributed by atoms with Gasteiger partial charge in [-0.25, -0.2) is 4.79 Å². The molecule has 3 rings (SSSR count). The zero-order valence-electron chi connectivity index (χ0n) is 10.5. The Morgan fingerprint density at radius 2 is 2.05 bits per heavy atom. The van der Waals surface area contributed by atoms with Crippen LogP contribution < -0.4 is 5.32 Å². The molecule has 0 spiro atoms. The summed E-state index contributed by atoms with van der Waals surface area (Å²) in [7, 11) is 0. The second-order valence-corrected chi connectivity index (χ2v) is 4.69. The number of rotatable bonds is 4. The Morgan fingerprint density at radius 1 is 1.30 bits per heavy atom. The number of aromatic carboxylic acids is 1. The monoisotopic (exact) mass is 272 g/mol. The molecule has 1 aliphatic carbocycles. The summed E-state index contributed by atoms with van der Waals surface area (Å²) in [5.41, 5.74) is 0.430. The van der Waals surface area contributed by atoms with E-state index in [2.05, 4.69) is 10.5 Å². The average Bonchev–Trinajstić information content (AvgIpc) is 3.16. The third kappa shape index (κ3) is 2.40. The van der Waals surface area contributed by atoms with Gasteiger partial charge >= 0.3 is 5.97 Å². The second kappa shape index (κ2) is 4.80. The highest BCUT2D eigenvalue weighted by molar-refractivity contribution is 6.06. The van der Waals surface area contributed by atoms with E-state index in [1.165, 1.54) is 12.1 Å². The minimum absolute atomic E-state index is 0.0340. The van der Waals surface area contributed by atoms with E-state index in [1.54, 1.807) is 18.2 Å². The van der Waals surface area contributed by atoms with E-state index in [-0.39, 0.29) is 16.9 Å². The van der Waals surface area contributed by atoms with Gasteiger partial charge < -0.3 is 14.9 Å². The molecule has 0 radical (unpaired) electrons. The third-order valence-corrected chi connectivity index (χ3v) is 3.15. The number of para-hydroxylation sites is 1. The lowest BCUT2D eigenvalue weighted by molar-refractivity contribution is 0.0698. The van der Waals surface area contributed by atoms with Gasteiger partial charge in [0.1, 0.15) is 5.76 Å². The summed E-state index contributed by atoms with van der Waals surface area (Å²) in [5, 5.41) is 15.3. The van der Waals surface area contributed by atoms with Crippen molar-refractivity contribution in [3.8, 4) is 0 Å². The number of hydrogen-bond acceptors (Lipinski definition) is 4. The third-order valence-electron chi connectivity index (χ3n) is 3.15. The van der Waals surface area contributed by atoms with Crippen LogP contribution in [0.25, 0.3) is 0 Å². The average molecular weight is 272 g/mol. The first-order chi connectivity index (χ1) is 9.65. The van der Waals surface area contributed by atoms with Gasteiger partial charge in [-0.3, -0.25) is 4.79 Å². The summed E-state index contributed by atoms with van der Waals surface area (Å²) in [6, 6.07) is 7.82. The van der Waals surface area contributed by atoms with Crippen LogP contribution in [0.3, 0.4) is 0 Å². The van der Waals surface area contributed by atoms with Crippen molar-refractivity contribution >= 4 is 17.6 Å². The highest BCUT2D eigenvalue weighted by Gasteiger charge is 2.29. The van der Waals surface area contributed by atoms with Crippen LogP contribution in [0.4, 0.5) is 5.69 Å². The van der Waals surface area contributed by atoms with Gasteiger partial charge in [0.25, 0.3) is 5.91 Å². The fourth-order valence-electron chi connectivity index (χ4n) is 1.92. The predicted octanol–water partition coefficient (Wildman–Crippen LogP) is 2.50. The second-order valence-electron chi connectivity index (χ2n) is 4.69. The summed E-state index contributed by atoms with van der Waals surface area (Å²) in [6.07, 6.45) is 2.11. The molecule has 1 fully saturated rings. The van der Waals surface area contributed by atoms with Gasteiger partial charge in [0.05, 0.1) is 11.3 Å². The zero-order chi connectivity index (χ0) is 14.1. The SMILES string of the molecule is O=C(Nc1ccccc1C(=O)O)c1cc(C2CC2)on1. The van der Waals surface area contributed by atoms with Gasteiger partial charge in [0, 0.05) is 12.0 Å². The Morgan fingerprint density at radius 3 is 2.75 bits per heavy atom. The van der Waals surface area contributed by atoms with Crippen molar-refractivity contribution < 1.29 is 19.2 Å². The molecule has 0 bridgehead atoms. The molecule has 0 unspecified atom stereocenters. The first kappa shape index (κ1) is 12.4. The largest absolute Gasteiger partial charge is 0.478 e. The number of carbonyl (C=O) groups excluding carboxylic acids is 1. The van der Waals surface area contributed by atoms with E-state index in [1.807, 2.05) is 0 Å². The molecule has 1 saturated carbocycles. The van der Waals surface area contributed by atoms with Crippen LogP contribution in [0.5, 0.6) is 0 Å². The molecule has 1 aromatic heterocycles. The number of carbonyl (C=O) groups is 2. The van der Waals surface area contributed by atoms with Crippen LogP contribution in [0, 0.1) is 0 Å². The molecule has 0 aliphatic heterocycles. The van der Waals surface area contributed by atoms with Gasteiger partial charge in [0.2, 0.25) is 0 Å². The van der Waals surface area contributed by atoms with E-state index < -0.39 is 11.9 Å². The topological polar surface area (TPSA) is 92.4 Å². The summed E-state index contributed by atoms with van der Waals surface area (Å²) < 4.78 is 5.10. The Bertz CT molecular complexity index is 673. The summed E-state index contributed by atoms with van der Waals surface area (Å²) in [5.74, 6) is -0.494. The highest BCUT2D eigenvalue weighted by atomic mass is 16.5. The van der Waals surface area contributed by atoms with Crippen LogP contribution in [-0.2, 0) is 0 Å². The molecule has 2 aromatic rings. The van der Waals surface area contributed by atoms with Crippen LogP contribution in [0.15, 0.2) is 34.9 Å². The van der Waals surface area contributed by atoms with Gasteiger partial charge in [0.15, 0.2) is 5.69 Å². The molecule has 6 heteroatoms. The number of hydrogen-bond donors (Lipinski definition) is 2. The molecule has 6 nitrogen and oxygen atoms in total. The van der Waals surface area contributed by atoms with Crippen LogP contribution >= 0.6 is 0 Å². The lowest BCUT2D eigenvalue weighted by atomic mass is 10.1. The van der Waals surface area contributed by atoms with Crippen LogP contribution in [0.1, 0.15) is 45.4 Å². The molecule has 1 aliphatic rings. The van der Waals surface area contributed by atoms with Crippen molar-refractivity contribution in [2.75, 3.05) is 5.32 Å². The standard InChI is InChI=1S/C14H12N2O4/c17-13(11-7-12(20-16-11)8-5-6-8)15-10-4-2-1-3-9(10)14(18)19/h1-4,7-8H,5-6H2,(H,15,17)(H,18,19). The first-order valence-corrected chi connectivity index (χ1v) is 6.25. The Labute approximate surface area is 114 Å². The number of aromatic nitrogens is 1. The van der Waals surface area contributed by atoms with Crippen LogP contribution in [-0.4, -0.2) is 22.1 Å². The zero-order valence-corrected chi connectivity index (χ0v) is 10.5. The fourth-order valence-corrected chi connectivity index (χ4v) is 1.92.